The van der Waals surface area contributed by atoms with Gasteiger partial charge in [-0.1, -0.05) is 60.8 Å². The average molecular weight is 470 g/mol. The maximum Gasteiger partial charge on any atom is 0.219 e. The predicted molar refractivity (Wildman–Crippen MR) is 142 cm³/mol. The molecule has 2 bridgehead atoms. The molecule has 5 rings (SSSR count). The van der Waals surface area contributed by atoms with E-state index in [0.717, 1.165) is 48.6 Å². The lowest BCUT2D eigenvalue weighted by atomic mass is 9.37. The molecule has 0 N–H and O–H groups in total. The molecule has 1 heterocycles. The van der Waals surface area contributed by atoms with Crippen LogP contribution >= 0.6 is 0 Å². The Morgan fingerprint density at radius 2 is 1.65 bits per heavy atom. The summed E-state index contributed by atoms with van der Waals surface area (Å²) in [6.45, 7) is 19.2. The SMILES string of the molecule is CC(=O)N1C[C@]2(C)CC[C@]3(C)[C@H]4CC[C@]5(C)[C@@H]([C@H](C)CCCC(C)C)CC[C@H]5[C@@H]4CC[C@@]3(C1)C2. The van der Waals surface area contributed by atoms with Crippen LogP contribution in [0.25, 0.3) is 0 Å². The number of likely N-dealkylation sites (tertiary alicyclic amines) is 1. The summed E-state index contributed by atoms with van der Waals surface area (Å²) in [6, 6.07) is 0. The lowest BCUT2D eigenvalue weighted by Crippen LogP contribution is -2.67. The van der Waals surface area contributed by atoms with Crippen LogP contribution in [0.5, 0.6) is 0 Å². The van der Waals surface area contributed by atoms with Gasteiger partial charge in [0.15, 0.2) is 0 Å². The Morgan fingerprint density at radius 1 is 0.882 bits per heavy atom. The standard InChI is InChI=1S/C32H55NO/c1-22(2)9-8-10-23(3)26-11-12-27-25-13-16-32-19-29(5,20-33(21-32)24(4)34)17-18-31(32,7)28(25)14-15-30(26,27)6/h22-23,25-28H,8-21H2,1-7H3/t23-,25+,26-,27+,28+,29-,30-,31-,32+/m1/s1. The highest BCUT2D eigenvalue weighted by Gasteiger charge is 2.67. The van der Waals surface area contributed by atoms with Crippen LogP contribution < -0.4 is 0 Å². The van der Waals surface area contributed by atoms with Gasteiger partial charge in [-0.15, -0.1) is 0 Å². The second-order valence-electron chi connectivity index (χ2n) is 15.5. The zero-order chi connectivity index (χ0) is 24.5. The number of nitrogens with zero attached hydrogens (tertiary/aromatic N) is 1. The molecule has 4 aliphatic carbocycles. The van der Waals surface area contributed by atoms with E-state index in [1.165, 1.54) is 77.0 Å². The van der Waals surface area contributed by atoms with Gasteiger partial charge < -0.3 is 4.90 Å². The van der Waals surface area contributed by atoms with Gasteiger partial charge in [-0.05, 0) is 115 Å². The number of amides is 1. The quantitative estimate of drug-likeness (QED) is 0.396. The summed E-state index contributed by atoms with van der Waals surface area (Å²) >= 11 is 0. The minimum atomic E-state index is 0.318. The highest BCUT2D eigenvalue weighted by molar-refractivity contribution is 5.73. The fourth-order valence-electron chi connectivity index (χ4n) is 11.4. The molecule has 9 atom stereocenters. The van der Waals surface area contributed by atoms with E-state index < -0.39 is 0 Å². The van der Waals surface area contributed by atoms with E-state index in [0.29, 0.717) is 27.6 Å². The van der Waals surface area contributed by atoms with Gasteiger partial charge in [0.25, 0.3) is 0 Å². The summed E-state index contributed by atoms with van der Waals surface area (Å²) in [6.07, 6.45) is 17.1. The zero-order valence-corrected chi connectivity index (χ0v) is 23.7. The summed E-state index contributed by atoms with van der Waals surface area (Å²) in [5.41, 5.74) is 1.75. The molecule has 0 unspecified atom stereocenters. The summed E-state index contributed by atoms with van der Waals surface area (Å²) < 4.78 is 0. The van der Waals surface area contributed by atoms with E-state index >= 15 is 0 Å². The van der Waals surface area contributed by atoms with Crippen molar-refractivity contribution in [3.8, 4) is 0 Å². The van der Waals surface area contributed by atoms with Crippen molar-refractivity contribution >= 4 is 5.91 Å². The summed E-state index contributed by atoms with van der Waals surface area (Å²) in [7, 11) is 0. The summed E-state index contributed by atoms with van der Waals surface area (Å²) in [4.78, 5) is 14.8. The molecular weight excluding hydrogens is 414 g/mol. The third-order valence-electron chi connectivity index (χ3n) is 13.1. The van der Waals surface area contributed by atoms with Gasteiger partial charge >= 0.3 is 0 Å². The van der Waals surface area contributed by atoms with Crippen LogP contribution in [-0.4, -0.2) is 23.9 Å². The van der Waals surface area contributed by atoms with E-state index in [-0.39, 0.29) is 0 Å². The van der Waals surface area contributed by atoms with Gasteiger partial charge in [-0.2, -0.15) is 0 Å². The lowest BCUT2D eigenvalue weighted by Gasteiger charge is -2.70. The predicted octanol–water partition coefficient (Wildman–Crippen LogP) is 8.35. The second kappa shape index (κ2) is 8.51. The van der Waals surface area contributed by atoms with Crippen LogP contribution in [-0.2, 0) is 4.79 Å². The molecule has 0 radical (unpaired) electrons. The van der Waals surface area contributed by atoms with Crippen LogP contribution in [0.15, 0.2) is 0 Å². The number of rotatable bonds is 5. The van der Waals surface area contributed by atoms with Crippen molar-refractivity contribution in [1.82, 2.24) is 4.90 Å². The van der Waals surface area contributed by atoms with Gasteiger partial charge in [0.05, 0.1) is 0 Å². The molecule has 1 aliphatic heterocycles. The van der Waals surface area contributed by atoms with Crippen LogP contribution in [0, 0.1) is 57.2 Å². The average Bonchev–Trinajstić information content (AvgIpc) is 3.11. The third kappa shape index (κ3) is 3.73. The molecule has 0 aromatic carbocycles. The highest BCUT2D eigenvalue weighted by Crippen LogP contribution is 2.73. The maximum atomic E-state index is 12.6. The second-order valence-corrected chi connectivity index (χ2v) is 15.5. The Morgan fingerprint density at radius 3 is 2.35 bits per heavy atom. The molecular formula is C32H55NO. The number of piperidine rings is 1. The van der Waals surface area contributed by atoms with Gasteiger partial charge in [0.2, 0.25) is 5.91 Å². The van der Waals surface area contributed by atoms with Crippen LogP contribution in [0.1, 0.15) is 126 Å². The minimum absolute atomic E-state index is 0.318. The van der Waals surface area contributed by atoms with Crippen LogP contribution in [0.2, 0.25) is 0 Å². The number of fused-ring (bicyclic) bond motifs is 5. The molecule has 194 valence electrons. The Hall–Kier alpha value is -0.530. The maximum absolute atomic E-state index is 12.6. The summed E-state index contributed by atoms with van der Waals surface area (Å²) in [5, 5.41) is 0. The molecule has 0 aromatic heterocycles. The third-order valence-corrected chi connectivity index (χ3v) is 13.1. The van der Waals surface area contributed by atoms with E-state index in [4.69, 9.17) is 0 Å². The largest absolute Gasteiger partial charge is 0.342 e. The van der Waals surface area contributed by atoms with E-state index in [1.807, 2.05) is 6.92 Å². The van der Waals surface area contributed by atoms with Gasteiger partial charge in [0, 0.05) is 20.0 Å². The van der Waals surface area contributed by atoms with Crippen molar-refractivity contribution in [2.75, 3.05) is 13.1 Å². The van der Waals surface area contributed by atoms with Gasteiger partial charge in [-0.3, -0.25) is 4.79 Å². The highest BCUT2D eigenvalue weighted by atomic mass is 16.2. The topological polar surface area (TPSA) is 20.3 Å². The van der Waals surface area contributed by atoms with Crippen molar-refractivity contribution in [2.45, 2.75) is 126 Å². The smallest absolute Gasteiger partial charge is 0.219 e. The van der Waals surface area contributed by atoms with Crippen molar-refractivity contribution in [1.29, 1.82) is 0 Å². The monoisotopic (exact) mass is 469 g/mol. The normalized spacial score (nSPS) is 48.8. The van der Waals surface area contributed by atoms with Crippen LogP contribution in [0.4, 0.5) is 0 Å². The Balaban J connectivity index is 1.36. The van der Waals surface area contributed by atoms with Crippen molar-refractivity contribution < 1.29 is 4.79 Å². The Labute approximate surface area is 211 Å². The first kappa shape index (κ1) is 25.1. The van der Waals surface area contributed by atoms with E-state index in [9.17, 15) is 4.79 Å². The summed E-state index contributed by atoms with van der Waals surface area (Å²) in [5.74, 6) is 5.81. The first-order chi connectivity index (χ1) is 15.9. The molecule has 1 amide bonds. The lowest BCUT2D eigenvalue weighted by molar-refractivity contribution is -0.212. The first-order valence-corrected chi connectivity index (χ1v) is 15.2. The first-order valence-electron chi connectivity index (χ1n) is 15.2. The number of carbonyl (C=O) groups is 1. The van der Waals surface area contributed by atoms with Crippen LogP contribution in [0.3, 0.4) is 0 Å². The molecule has 1 saturated heterocycles. The number of carbonyl (C=O) groups excluding carboxylic acids is 1. The molecule has 34 heavy (non-hydrogen) atoms. The Kier molecular flexibility index (Phi) is 6.29. The molecule has 5 fully saturated rings. The van der Waals surface area contributed by atoms with Crippen molar-refractivity contribution in [3.63, 3.8) is 0 Å². The van der Waals surface area contributed by atoms with E-state index in [1.54, 1.807) is 0 Å². The molecule has 0 aromatic rings. The van der Waals surface area contributed by atoms with E-state index in [2.05, 4.69) is 46.4 Å². The van der Waals surface area contributed by atoms with Gasteiger partial charge in [0.1, 0.15) is 0 Å². The minimum Gasteiger partial charge on any atom is -0.342 e. The fraction of sp³-hybridized carbons (Fsp3) is 0.969. The Bertz CT molecular complexity index is 790. The fourth-order valence-corrected chi connectivity index (χ4v) is 11.4. The number of hydrogen-bond acceptors (Lipinski definition) is 1. The molecule has 2 heteroatoms. The van der Waals surface area contributed by atoms with Crippen molar-refractivity contribution in [3.05, 3.63) is 0 Å². The van der Waals surface area contributed by atoms with Gasteiger partial charge in [-0.25, -0.2) is 0 Å². The molecule has 4 saturated carbocycles. The zero-order valence-electron chi connectivity index (χ0n) is 23.7. The molecule has 2 nitrogen and oxygen atoms in total. The number of hydrogen-bond donors (Lipinski definition) is 0. The molecule has 1 spiro atoms. The van der Waals surface area contributed by atoms with Crippen molar-refractivity contribution in [2.24, 2.45) is 57.2 Å². The molecule has 5 aliphatic rings.